The highest BCUT2D eigenvalue weighted by atomic mass is 19.4. The smallest absolute Gasteiger partial charge is 0.384 e. The number of nitrogens with two attached hydrogens (primary N) is 1. The van der Waals surface area contributed by atoms with Crippen LogP contribution in [-0.2, 0) is 11.0 Å². The number of nitrogens with zero attached hydrogens (tertiary/aromatic N) is 2. The minimum Gasteiger partial charge on any atom is -0.384 e. The number of hydrogen-bond acceptors (Lipinski definition) is 3. The zero-order chi connectivity index (χ0) is 20.9. The van der Waals surface area contributed by atoms with Crippen molar-refractivity contribution >= 4 is 11.7 Å². The van der Waals surface area contributed by atoms with Crippen molar-refractivity contribution in [1.82, 2.24) is 10.2 Å². The van der Waals surface area contributed by atoms with Crippen LogP contribution in [-0.4, -0.2) is 48.9 Å². The van der Waals surface area contributed by atoms with Gasteiger partial charge in [0.25, 0.3) is 0 Å². The Balaban J connectivity index is 1.90. The Kier molecular flexibility index (Phi) is 7.40. The van der Waals surface area contributed by atoms with Crippen molar-refractivity contribution in [2.45, 2.75) is 38.9 Å². The minimum absolute atomic E-state index is 0.0118. The van der Waals surface area contributed by atoms with Crippen molar-refractivity contribution in [1.29, 1.82) is 0 Å². The molecule has 0 radical (unpaired) electrons. The molecule has 0 saturated carbocycles. The van der Waals surface area contributed by atoms with Gasteiger partial charge in [-0.2, -0.15) is 13.2 Å². The van der Waals surface area contributed by atoms with Crippen molar-refractivity contribution in [3.05, 3.63) is 35.1 Å². The summed E-state index contributed by atoms with van der Waals surface area (Å²) in [5.74, 6) is -0.902. The van der Waals surface area contributed by atoms with E-state index in [0.29, 0.717) is 19.2 Å². The molecule has 1 aromatic carbocycles. The third kappa shape index (κ3) is 6.78. The van der Waals surface area contributed by atoms with Crippen LogP contribution in [0.5, 0.6) is 0 Å². The van der Waals surface area contributed by atoms with E-state index >= 15 is 0 Å². The lowest BCUT2D eigenvalue weighted by atomic mass is 9.97. The van der Waals surface area contributed by atoms with Crippen molar-refractivity contribution in [3.8, 4) is 0 Å². The van der Waals surface area contributed by atoms with E-state index in [0.717, 1.165) is 38.1 Å². The number of piperidine rings is 1. The van der Waals surface area contributed by atoms with Crippen LogP contribution in [0.25, 0.3) is 0 Å². The summed E-state index contributed by atoms with van der Waals surface area (Å²) >= 11 is 0. The number of benzene rings is 1. The quantitative estimate of drug-likeness (QED) is 0.437. The van der Waals surface area contributed by atoms with Crippen molar-refractivity contribution in [2.75, 3.05) is 26.2 Å². The van der Waals surface area contributed by atoms with E-state index in [2.05, 4.69) is 15.2 Å². The summed E-state index contributed by atoms with van der Waals surface area (Å²) in [6.45, 7) is 5.99. The van der Waals surface area contributed by atoms with Gasteiger partial charge in [0, 0.05) is 18.2 Å². The van der Waals surface area contributed by atoms with E-state index in [4.69, 9.17) is 5.73 Å². The SMILES string of the molecule is CC(C)NC(=O)CN1CCC(CN=C(N)c2cc(F)cc(C(F)(F)F)c2)CC1. The highest BCUT2D eigenvalue weighted by Gasteiger charge is 2.31. The van der Waals surface area contributed by atoms with Gasteiger partial charge in [-0.05, 0) is 63.9 Å². The molecule has 0 unspecified atom stereocenters. The predicted octanol–water partition coefficient (Wildman–Crippen LogP) is 2.79. The fourth-order valence-electron chi connectivity index (χ4n) is 3.12. The number of rotatable bonds is 6. The zero-order valence-corrected chi connectivity index (χ0v) is 16.0. The Morgan fingerprint density at radius 2 is 1.93 bits per heavy atom. The summed E-state index contributed by atoms with van der Waals surface area (Å²) in [7, 11) is 0. The Morgan fingerprint density at radius 1 is 1.29 bits per heavy atom. The van der Waals surface area contributed by atoms with Crippen molar-refractivity contribution < 1.29 is 22.4 Å². The fraction of sp³-hybridized carbons (Fsp3) is 0.579. The number of carbonyl (C=O) groups excluding carboxylic acids is 1. The highest BCUT2D eigenvalue weighted by Crippen LogP contribution is 2.30. The molecule has 1 amide bonds. The number of nitrogens with one attached hydrogen (secondary N) is 1. The molecule has 156 valence electrons. The third-order valence-electron chi connectivity index (χ3n) is 4.56. The van der Waals surface area contributed by atoms with E-state index in [-0.39, 0.29) is 29.3 Å². The number of alkyl halides is 3. The van der Waals surface area contributed by atoms with Crippen LogP contribution in [0, 0.1) is 11.7 Å². The molecule has 2 rings (SSSR count). The Hall–Kier alpha value is -2.16. The molecule has 0 bridgehead atoms. The standard InChI is InChI=1S/C19H26F4N4O/c1-12(2)26-17(28)11-27-5-3-13(4-6-27)10-25-18(24)14-7-15(19(21,22)23)9-16(20)8-14/h7-9,12-13H,3-6,10-11H2,1-2H3,(H2,24,25)(H,26,28). The maximum absolute atomic E-state index is 13.5. The van der Waals surface area contributed by atoms with Crippen LogP contribution < -0.4 is 11.1 Å². The molecule has 0 aromatic heterocycles. The first-order valence-electron chi connectivity index (χ1n) is 9.24. The molecule has 1 saturated heterocycles. The van der Waals surface area contributed by atoms with E-state index in [1.807, 2.05) is 13.8 Å². The van der Waals surface area contributed by atoms with Gasteiger partial charge in [-0.25, -0.2) is 4.39 Å². The lowest BCUT2D eigenvalue weighted by molar-refractivity contribution is -0.137. The molecule has 1 aliphatic rings. The second-order valence-corrected chi connectivity index (χ2v) is 7.39. The number of likely N-dealkylation sites (tertiary alicyclic amines) is 1. The van der Waals surface area contributed by atoms with Gasteiger partial charge >= 0.3 is 6.18 Å². The maximum Gasteiger partial charge on any atom is 0.416 e. The molecule has 0 aliphatic carbocycles. The molecule has 1 fully saturated rings. The van der Waals surface area contributed by atoms with E-state index in [1.165, 1.54) is 0 Å². The van der Waals surface area contributed by atoms with Crippen LogP contribution in [0.15, 0.2) is 23.2 Å². The average Bonchev–Trinajstić information content (AvgIpc) is 2.58. The largest absolute Gasteiger partial charge is 0.416 e. The number of amides is 1. The number of amidine groups is 1. The zero-order valence-electron chi connectivity index (χ0n) is 16.0. The molecule has 5 nitrogen and oxygen atoms in total. The summed E-state index contributed by atoms with van der Waals surface area (Å²) in [4.78, 5) is 18.0. The van der Waals surface area contributed by atoms with Crippen molar-refractivity contribution in [3.63, 3.8) is 0 Å². The van der Waals surface area contributed by atoms with Crippen LogP contribution in [0.4, 0.5) is 17.6 Å². The molecule has 1 aromatic rings. The Labute approximate surface area is 162 Å². The summed E-state index contributed by atoms with van der Waals surface area (Å²) < 4.78 is 51.9. The molecule has 1 aliphatic heterocycles. The second kappa shape index (κ2) is 9.36. The predicted molar refractivity (Wildman–Crippen MR) is 99.4 cm³/mol. The number of carbonyl (C=O) groups is 1. The summed E-state index contributed by atoms with van der Waals surface area (Å²) in [5.41, 5.74) is 4.62. The number of aliphatic imine (C=N–C) groups is 1. The minimum atomic E-state index is -4.65. The second-order valence-electron chi connectivity index (χ2n) is 7.39. The first kappa shape index (κ1) is 22.1. The molecule has 0 spiro atoms. The average molecular weight is 402 g/mol. The van der Waals surface area contributed by atoms with Gasteiger partial charge in [-0.3, -0.25) is 14.7 Å². The summed E-state index contributed by atoms with van der Waals surface area (Å²) in [6.07, 6.45) is -3.03. The normalized spacial score (nSPS) is 17.2. The Bertz CT molecular complexity index is 710. The number of hydrogen-bond donors (Lipinski definition) is 2. The maximum atomic E-state index is 13.5. The van der Waals surface area contributed by atoms with Gasteiger partial charge in [0.2, 0.25) is 5.91 Å². The monoisotopic (exact) mass is 402 g/mol. The lowest BCUT2D eigenvalue weighted by Gasteiger charge is -2.31. The number of halogens is 4. The van der Waals surface area contributed by atoms with Gasteiger partial charge in [-0.15, -0.1) is 0 Å². The topological polar surface area (TPSA) is 70.7 Å². The first-order chi connectivity index (χ1) is 13.0. The molecule has 0 atom stereocenters. The van der Waals surface area contributed by atoms with Crippen molar-refractivity contribution in [2.24, 2.45) is 16.6 Å². The fourth-order valence-corrected chi connectivity index (χ4v) is 3.12. The highest BCUT2D eigenvalue weighted by molar-refractivity contribution is 5.97. The molecule has 28 heavy (non-hydrogen) atoms. The van der Waals surface area contributed by atoms with E-state index < -0.39 is 17.6 Å². The van der Waals surface area contributed by atoms with Gasteiger partial charge in [0.05, 0.1) is 12.1 Å². The molecular formula is C19H26F4N4O. The van der Waals surface area contributed by atoms with Gasteiger partial charge in [0.15, 0.2) is 0 Å². The molecular weight excluding hydrogens is 376 g/mol. The Morgan fingerprint density at radius 3 is 2.50 bits per heavy atom. The van der Waals surface area contributed by atoms with Crippen LogP contribution in [0.3, 0.4) is 0 Å². The van der Waals surface area contributed by atoms with Crippen LogP contribution >= 0.6 is 0 Å². The lowest BCUT2D eigenvalue weighted by Crippen LogP contribution is -2.43. The van der Waals surface area contributed by atoms with E-state index in [1.54, 1.807) is 0 Å². The van der Waals surface area contributed by atoms with Gasteiger partial charge in [0.1, 0.15) is 11.7 Å². The van der Waals surface area contributed by atoms with E-state index in [9.17, 15) is 22.4 Å². The first-order valence-corrected chi connectivity index (χ1v) is 9.24. The van der Waals surface area contributed by atoms with Crippen LogP contribution in [0.1, 0.15) is 37.8 Å². The molecule has 1 heterocycles. The molecule has 3 N–H and O–H groups in total. The van der Waals surface area contributed by atoms with Gasteiger partial charge < -0.3 is 11.1 Å². The summed E-state index contributed by atoms with van der Waals surface area (Å²) in [6, 6.07) is 2.28. The summed E-state index contributed by atoms with van der Waals surface area (Å²) in [5, 5.41) is 2.85. The van der Waals surface area contributed by atoms with Gasteiger partial charge in [-0.1, -0.05) is 0 Å². The van der Waals surface area contributed by atoms with Crippen LogP contribution in [0.2, 0.25) is 0 Å². The third-order valence-corrected chi connectivity index (χ3v) is 4.56. The molecule has 9 heteroatoms.